The number of benzene rings is 1. The van der Waals surface area contributed by atoms with Gasteiger partial charge >= 0.3 is 0 Å². The molecule has 0 aliphatic carbocycles. The van der Waals surface area contributed by atoms with Gasteiger partial charge in [0.15, 0.2) is 0 Å². The second-order valence-electron chi connectivity index (χ2n) is 5.57. The molecule has 0 radical (unpaired) electrons. The largest absolute Gasteiger partial charge is 0.348 e. The first-order valence-corrected chi connectivity index (χ1v) is 7.97. The van der Waals surface area contributed by atoms with Crippen molar-refractivity contribution in [1.82, 2.24) is 20.4 Å². The molecule has 0 spiro atoms. The summed E-state index contributed by atoms with van der Waals surface area (Å²) >= 11 is 0. The van der Waals surface area contributed by atoms with Gasteiger partial charge in [0.2, 0.25) is 11.7 Å². The average molecular weight is 316 g/mol. The quantitative estimate of drug-likeness (QED) is 0.850. The van der Waals surface area contributed by atoms with Gasteiger partial charge in [0.05, 0.1) is 0 Å². The lowest BCUT2D eigenvalue weighted by atomic mass is 10.1. The zero-order valence-electron chi connectivity index (χ0n) is 14.2. The van der Waals surface area contributed by atoms with Gasteiger partial charge in [-0.3, -0.25) is 4.79 Å². The fourth-order valence-electron chi connectivity index (χ4n) is 2.41. The average Bonchev–Trinajstić information content (AvgIpc) is 2.99. The summed E-state index contributed by atoms with van der Waals surface area (Å²) in [5.74, 6) is 0.983. The van der Waals surface area contributed by atoms with E-state index in [1.807, 2.05) is 19.1 Å². The predicted octanol–water partition coefficient (Wildman–Crippen LogP) is 2.51. The third kappa shape index (κ3) is 4.63. The van der Waals surface area contributed by atoms with Crippen LogP contribution >= 0.6 is 0 Å². The molecule has 6 nitrogen and oxygen atoms in total. The topological polar surface area (TPSA) is 71.3 Å². The van der Waals surface area contributed by atoms with E-state index >= 15 is 0 Å². The van der Waals surface area contributed by atoms with Crippen LogP contribution in [0.2, 0.25) is 0 Å². The first-order valence-electron chi connectivity index (χ1n) is 7.97. The summed E-state index contributed by atoms with van der Waals surface area (Å²) in [6.07, 6.45) is 0. The highest BCUT2D eigenvalue weighted by molar-refractivity contribution is 5.94. The molecule has 0 bridgehead atoms. The van der Waals surface area contributed by atoms with Crippen LogP contribution < -0.4 is 5.32 Å². The maximum atomic E-state index is 12.3. The number of aromatic nitrogens is 2. The lowest BCUT2D eigenvalue weighted by Crippen LogP contribution is -2.41. The van der Waals surface area contributed by atoms with Crippen LogP contribution in [-0.2, 0) is 0 Å². The van der Waals surface area contributed by atoms with Crippen molar-refractivity contribution < 1.29 is 9.32 Å². The molecule has 2 rings (SSSR count). The van der Waals surface area contributed by atoms with Gasteiger partial charge in [-0.15, -0.1) is 0 Å². The molecule has 0 aliphatic heterocycles. The number of carbonyl (C=O) groups is 1. The number of amides is 1. The number of nitrogens with one attached hydrogen (secondary N) is 1. The van der Waals surface area contributed by atoms with Gasteiger partial charge in [0, 0.05) is 30.6 Å². The number of aryl methyl sites for hydroxylation is 1. The molecule has 1 atom stereocenters. The number of carbonyl (C=O) groups excluding carboxylic acids is 1. The zero-order chi connectivity index (χ0) is 16.8. The van der Waals surface area contributed by atoms with Crippen LogP contribution in [0.3, 0.4) is 0 Å². The van der Waals surface area contributed by atoms with Gasteiger partial charge in [-0.05, 0) is 32.1 Å². The van der Waals surface area contributed by atoms with Gasteiger partial charge in [-0.25, -0.2) is 0 Å². The summed E-state index contributed by atoms with van der Waals surface area (Å²) < 4.78 is 4.96. The minimum Gasteiger partial charge on any atom is -0.348 e. The lowest BCUT2D eigenvalue weighted by Gasteiger charge is -2.23. The summed E-state index contributed by atoms with van der Waals surface area (Å²) in [6, 6.07) is 7.31. The molecule has 0 unspecified atom stereocenters. The van der Waals surface area contributed by atoms with E-state index in [-0.39, 0.29) is 11.9 Å². The Morgan fingerprint density at radius 2 is 1.91 bits per heavy atom. The summed E-state index contributed by atoms with van der Waals surface area (Å²) in [5, 5.41) is 6.90. The molecule has 0 saturated carbocycles. The molecular formula is C17H24N4O2. The maximum Gasteiger partial charge on any atom is 0.251 e. The molecular weight excluding hydrogens is 292 g/mol. The first kappa shape index (κ1) is 17.1. The zero-order valence-corrected chi connectivity index (χ0v) is 14.2. The number of likely N-dealkylation sites (N-methyl/N-ethyl adjacent to an activating group) is 1. The molecule has 124 valence electrons. The Balaban J connectivity index is 1.97. The molecule has 0 saturated heterocycles. The van der Waals surface area contributed by atoms with E-state index in [1.54, 1.807) is 19.1 Å². The van der Waals surface area contributed by atoms with Crippen molar-refractivity contribution in [3.8, 4) is 11.4 Å². The second-order valence-corrected chi connectivity index (χ2v) is 5.57. The number of hydrogen-bond acceptors (Lipinski definition) is 5. The van der Waals surface area contributed by atoms with Gasteiger partial charge in [0.1, 0.15) is 0 Å². The van der Waals surface area contributed by atoms with Crippen LogP contribution in [0.5, 0.6) is 0 Å². The van der Waals surface area contributed by atoms with E-state index in [1.165, 1.54) is 0 Å². The van der Waals surface area contributed by atoms with Crippen LogP contribution in [0.25, 0.3) is 11.4 Å². The van der Waals surface area contributed by atoms with Crippen molar-refractivity contribution in [1.29, 1.82) is 0 Å². The molecule has 1 aromatic carbocycles. The Kier molecular flexibility index (Phi) is 5.87. The Labute approximate surface area is 136 Å². The van der Waals surface area contributed by atoms with Crippen molar-refractivity contribution >= 4 is 5.91 Å². The molecule has 1 aromatic heterocycles. The molecule has 0 fully saturated rings. The molecule has 1 heterocycles. The molecule has 23 heavy (non-hydrogen) atoms. The minimum absolute atomic E-state index is 0.0690. The lowest BCUT2D eigenvalue weighted by molar-refractivity contribution is 0.0930. The minimum atomic E-state index is -0.0690. The molecule has 6 heteroatoms. The van der Waals surface area contributed by atoms with Crippen LogP contribution in [0.1, 0.15) is 37.0 Å². The van der Waals surface area contributed by atoms with Crippen LogP contribution in [-0.4, -0.2) is 46.6 Å². The summed E-state index contributed by atoms with van der Waals surface area (Å²) in [4.78, 5) is 18.7. The van der Waals surface area contributed by atoms with E-state index in [2.05, 4.69) is 34.2 Å². The van der Waals surface area contributed by atoms with Crippen LogP contribution in [0.15, 0.2) is 28.8 Å². The highest BCUT2D eigenvalue weighted by Crippen LogP contribution is 2.16. The summed E-state index contributed by atoms with van der Waals surface area (Å²) in [5.41, 5.74) is 1.45. The van der Waals surface area contributed by atoms with Gasteiger partial charge in [0.25, 0.3) is 5.91 Å². The van der Waals surface area contributed by atoms with E-state index in [0.717, 1.165) is 25.2 Å². The van der Waals surface area contributed by atoms with Crippen molar-refractivity contribution in [2.75, 3.05) is 19.6 Å². The van der Waals surface area contributed by atoms with Crippen molar-refractivity contribution in [3.05, 3.63) is 35.7 Å². The third-order valence-electron chi connectivity index (χ3n) is 3.74. The monoisotopic (exact) mass is 316 g/mol. The molecule has 0 aliphatic rings. The Bertz CT molecular complexity index is 632. The maximum absolute atomic E-state index is 12.3. The summed E-state index contributed by atoms with van der Waals surface area (Å²) in [7, 11) is 0. The van der Waals surface area contributed by atoms with E-state index < -0.39 is 0 Å². The smallest absolute Gasteiger partial charge is 0.251 e. The number of rotatable bonds is 7. The Hall–Kier alpha value is -2.21. The van der Waals surface area contributed by atoms with Gasteiger partial charge < -0.3 is 14.7 Å². The van der Waals surface area contributed by atoms with Crippen molar-refractivity contribution in [3.63, 3.8) is 0 Å². The van der Waals surface area contributed by atoms with Crippen LogP contribution in [0.4, 0.5) is 0 Å². The van der Waals surface area contributed by atoms with E-state index in [0.29, 0.717) is 17.3 Å². The standard InChI is InChI=1S/C17H24N4O2/c1-5-21(6-2)11-12(3)18-17(22)15-9-7-14(8-10-15)16-19-13(4)23-20-16/h7-10,12H,5-6,11H2,1-4H3,(H,18,22)/t12-/m0/s1. The number of hydrogen-bond donors (Lipinski definition) is 1. The Morgan fingerprint density at radius 3 is 2.43 bits per heavy atom. The Morgan fingerprint density at radius 1 is 1.26 bits per heavy atom. The highest BCUT2D eigenvalue weighted by atomic mass is 16.5. The molecule has 2 aromatic rings. The van der Waals surface area contributed by atoms with Gasteiger partial charge in [-0.1, -0.05) is 31.1 Å². The molecule has 1 N–H and O–H groups in total. The van der Waals surface area contributed by atoms with Crippen molar-refractivity contribution in [2.45, 2.75) is 33.7 Å². The fourth-order valence-corrected chi connectivity index (χ4v) is 2.41. The first-order chi connectivity index (χ1) is 11.0. The summed E-state index contributed by atoms with van der Waals surface area (Å²) in [6.45, 7) is 10.8. The normalized spacial score (nSPS) is 12.4. The van der Waals surface area contributed by atoms with Crippen LogP contribution in [0, 0.1) is 6.92 Å². The van der Waals surface area contributed by atoms with Crippen molar-refractivity contribution in [2.24, 2.45) is 0 Å². The fraction of sp³-hybridized carbons (Fsp3) is 0.471. The molecule has 1 amide bonds. The van der Waals surface area contributed by atoms with E-state index in [9.17, 15) is 4.79 Å². The SMILES string of the molecule is CCN(CC)C[C@H](C)NC(=O)c1ccc(-c2noc(C)n2)cc1. The van der Waals surface area contributed by atoms with E-state index in [4.69, 9.17) is 4.52 Å². The highest BCUT2D eigenvalue weighted by Gasteiger charge is 2.13. The third-order valence-corrected chi connectivity index (χ3v) is 3.74. The predicted molar refractivity (Wildman–Crippen MR) is 89.2 cm³/mol. The second kappa shape index (κ2) is 7.87. The van der Waals surface area contributed by atoms with Gasteiger partial charge in [-0.2, -0.15) is 4.98 Å². The number of nitrogens with zero attached hydrogens (tertiary/aromatic N) is 3.